The molecule has 2 aliphatic rings. The predicted octanol–water partition coefficient (Wildman–Crippen LogP) is 2.35. The number of halogens is 2. The Morgan fingerprint density at radius 3 is 2.76 bits per heavy atom. The number of H-pyrrole nitrogens is 1. The molecule has 0 bridgehead atoms. The average Bonchev–Trinajstić information content (AvgIpc) is 3.06. The van der Waals surface area contributed by atoms with Crippen molar-refractivity contribution in [3.8, 4) is 11.4 Å². The molecule has 2 fully saturated rings. The standard InChI is InChI=1S/C17H19ClFN5O/c18-13-15(24-8-4-17(5-9-24)3-1-6-21-17)22-14(23-16(13)25)11-2-7-20-12(19)10-11/h2,7,10,21H,1,3-6,8-9H2,(H,22,23,25). The fourth-order valence-electron chi connectivity index (χ4n) is 3.78. The van der Waals surface area contributed by atoms with Crippen LogP contribution in [0.2, 0.25) is 5.02 Å². The van der Waals surface area contributed by atoms with E-state index in [2.05, 4.69) is 20.3 Å². The van der Waals surface area contributed by atoms with E-state index in [-0.39, 0.29) is 10.6 Å². The molecule has 0 amide bonds. The average molecular weight is 364 g/mol. The van der Waals surface area contributed by atoms with Crippen LogP contribution >= 0.6 is 11.6 Å². The Balaban J connectivity index is 1.64. The molecule has 0 unspecified atom stereocenters. The molecular weight excluding hydrogens is 345 g/mol. The summed E-state index contributed by atoms with van der Waals surface area (Å²) in [6, 6.07) is 2.84. The van der Waals surface area contributed by atoms with E-state index in [1.807, 2.05) is 4.90 Å². The Kier molecular flexibility index (Phi) is 4.21. The molecule has 0 atom stereocenters. The van der Waals surface area contributed by atoms with Crippen molar-refractivity contribution >= 4 is 17.4 Å². The highest BCUT2D eigenvalue weighted by Crippen LogP contribution is 2.34. The van der Waals surface area contributed by atoms with Gasteiger partial charge >= 0.3 is 0 Å². The van der Waals surface area contributed by atoms with Crippen molar-refractivity contribution in [2.24, 2.45) is 0 Å². The van der Waals surface area contributed by atoms with Gasteiger partial charge in [-0.3, -0.25) is 4.79 Å². The molecule has 2 aromatic rings. The number of anilines is 1. The van der Waals surface area contributed by atoms with Gasteiger partial charge in [-0.1, -0.05) is 11.6 Å². The lowest BCUT2D eigenvalue weighted by atomic mass is 9.86. The first kappa shape index (κ1) is 16.5. The van der Waals surface area contributed by atoms with Crippen LogP contribution in [0.1, 0.15) is 25.7 Å². The van der Waals surface area contributed by atoms with Crippen LogP contribution in [0, 0.1) is 5.95 Å². The van der Waals surface area contributed by atoms with Crippen molar-refractivity contribution in [1.29, 1.82) is 0 Å². The molecule has 2 aliphatic heterocycles. The van der Waals surface area contributed by atoms with Crippen molar-refractivity contribution in [3.63, 3.8) is 0 Å². The highest BCUT2D eigenvalue weighted by atomic mass is 35.5. The van der Waals surface area contributed by atoms with E-state index in [9.17, 15) is 9.18 Å². The molecule has 6 nitrogen and oxygen atoms in total. The van der Waals surface area contributed by atoms with E-state index in [4.69, 9.17) is 11.6 Å². The van der Waals surface area contributed by atoms with Crippen molar-refractivity contribution in [2.45, 2.75) is 31.2 Å². The first-order valence-electron chi connectivity index (χ1n) is 8.48. The molecule has 0 aromatic carbocycles. The van der Waals surface area contributed by atoms with Crippen LogP contribution in [0.5, 0.6) is 0 Å². The number of hydrogen-bond donors (Lipinski definition) is 2. The summed E-state index contributed by atoms with van der Waals surface area (Å²) in [5.74, 6) is 0.138. The van der Waals surface area contributed by atoms with Gasteiger partial charge in [0, 0.05) is 36.5 Å². The third-order valence-electron chi connectivity index (χ3n) is 5.20. The van der Waals surface area contributed by atoms with E-state index >= 15 is 0 Å². The van der Waals surface area contributed by atoms with E-state index < -0.39 is 11.5 Å². The summed E-state index contributed by atoms with van der Waals surface area (Å²) in [5.41, 5.74) is 0.271. The Labute approximate surface area is 149 Å². The minimum atomic E-state index is -0.621. The van der Waals surface area contributed by atoms with Crippen LogP contribution in [0.15, 0.2) is 23.1 Å². The van der Waals surface area contributed by atoms with Crippen LogP contribution in [0.4, 0.5) is 10.2 Å². The molecule has 1 spiro atoms. The van der Waals surface area contributed by atoms with Gasteiger partial charge in [0.1, 0.15) is 10.8 Å². The second-order valence-electron chi connectivity index (χ2n) is 6.72. The van der Waals surface area contributed by atoms with Crippen molar-refractivity contribution in [1.82, 2.24) is 20.3 Å². The van der Waals surface area contributed by atoms with Gasteiger partial charge in [-0.2, -0.15) is 4.39 Å². The second-order valence-corrected chi connectivity index (χ2v) is 7.10. The third-order valence-corrected chi connectivity index (χ3v) is 5.54. The normalized spacial score (nSPS) is 19.5. The van der Waals surface area contributed by atoms with Gasteiger partial charge in [-0.25, -0.2) is 9.97 Å². The fraction of sp³-hybridized carbons (Fsp3) is 0.471. The summed E-state index contributed by atoms with van der Waals surface area (Å²) in [6.45, 7) is 2.64. The fourth-order valence-corrected chi connectivity index (χ4v) is 3.99. The SMILES string of the molecule is O=c1[nH]c(-c2ccnc(F)c2)nc(N2CCC3(CCCN3)CC2)c1Cl. The highest BCUT2D eigenvalue weighted by molar-refractivity contribution is 6.32. The van der Waals surface area contributed by atoms with Crippen LogP contribution in [0.25, 0.3) is 11.4 Å². The molecule has 132 valence electrons. The van der Waals surface area contributed by atoms with Crippen LogP contribution in [-0.4, -0.2) is 40.1 Å². The molecule has 0 radical (unpaired) electrons. The quantitative estimate of drug-likeness (QED) is 0.801. The van der Waals surface area contributed by atoms with Crippen LogP contribution < -0.4 is 15.8 Å². The van der Waals surface area contributed by atoms with E-state index in [0.717, 1.165) is 32.5 Å². The van der Waals surface area contributed by atoms with Crippen molar-refractivity contribution in [2.75, 3.05) is 24.5 Å². The van der Waals surface area contributed by atoms with E-state index in [1.54, 1.807) is 6.07 Å². The molecule has 25 heavy (non-hydrogen) atoms. The lowest BCUT2D eigenvalue weighted by Gasteiger charge is -2.40. The topological polar surface area (TPSA) is 73.9 Å². The zero-order valence-corrected chi connectivity index (χ0v) is 14.4. The Bertz CT molecular complexity index is 839. The maximum absolute atomic E-state index is 13.4. The highest BCUT2D eigenvalue weighted by Gasteiger charge is 2.37. The summed E-state index contributed by atoms with van der Waals surface area (Å²) >= 11 is 6.22. The number of hydrogen-bond acceptors (Lipinski definition) is 5. The number of nitrogens with zero attached hydrogens (tertiary/aromatic N) is 3. The van der Waals surface area contributed by atoms with Crippen molar-refractivity contribution in [3.05, 3.63) is 39.7 Å². The summed E-state index contributed by atoms with van der Waals surface area (Å²) in [6.07, 6.45) is 5.74. The summed E-state index contributed by atoms with van der Waals surface area (Å²) in [4.78, 5) is 24.9. The van der Waals surface area contributed by atoms with Crippen molar-refractivity contribution < 1.29 is 4.39 Å². The number of piperidine rings is 1. The molecule has 4 heterocycles. The Hall–Kier alpha value is -1.99. The zero-order chi connectivity index (χ0) is 17.4. The molecule has 2 aromatic heterocycles. The minimum absolute atomic E-state index is 0.0774. The summed E-state index contributed by atoms with van der Waals surface area (Å²) in [7, 11) is 0. The van der Waals surface area contributed by atoms with Crippen LogP contribution in [-0.2, 0) is 0 Å². The predicted molar refractivity (Wildman–Crippen MR) is 94.5 cm³/mol. The van der Waals surface area contributed by atoms with Gasteiger partial charge in [0.2, 0.25) is 5.95 Å². The van der Waals surface area contributed by atoms with Gasteiger partial charge in [-0.15, -0.1) is 0 Å². The first-order valence-corrected chi connectivity index (χ1v) is 8.86. The molecule has 0 aliphatic carbocycles. The van der Waals surface area contributed by atoms with Gasteiger partial charge in [0.25, 0.3) is 5.56 Å². The lowest BCUT2D eigenvalue weighted by Crippen LogP contribution is -2.50. The number of rotatable bonds is 2. The smallest absolute Gasteiger partial charge is 0.272 e. The maximum Gasteiger partial charge on any atom is 0.272 e. The second kappa shape index (κ2) is 6.38. The number of aromatic amines is 1. The molecule has 8 heteroatoms. The minimum Gasteiger partial charge on any atom is -0.355 e. The molecule has 2 saturated heterocycles. The van der Waals surface area contributed by atoms with Crippen LogP contribution in [0.3, 0.4) is 0 Å². The van der Waals surface area contributed by atoms with E-state index in [1.165, 1.54) is 25.1 Å². The van der Waals surface area contributed by atoms with Gasteiger partial charge in [0.15, 0.2) is 5.82 Å². The molecule has 2 N–H and O–H groups in total. The maximum atomic E-state index is 13.4. The zero-order valence-electron chi connectivity index (χ0n) is 13.7. The van der Waals surface area contributed by atoms with Gasteiger partial charge in [0.05, 0.1) is 0 Å². The molecular formula is C17H19ClFN5O. The van der Waals surface area contributed by atoms with Gasteiger partial charge in [-0.05, 0) is 38.3 Å². The monoisotopic (exact) mass is 363 g/mol. The lowest BCUT2D eigenvalue weighted by molar-refractivity contribution is 0.296. The number of pyridine rings is 1. The number of aromatic nitrogens is 3. The number of nitrogens with one attached hydrogen (secondary N) is 2. The summed E-state index contributed by atoms with van der Waals surface area (Å²) in [5, 5.41) is 3.69. The third kappa shape index (κ3) is 3.14. The summed E-state index contributed by atoms with van der Waals surface area (Å²) < 4.78 is 13.4. The van der Waals surface area contributed by atoms with Gasteiger partial charge < -0.3 is 15.2 Å². The largest absolute Gasteiger partial charge is 0.355 e. The molecule has 0 saturated carbocycles. The van der Waals surface area contributed by atoms with E-state index in [0.29, 0.717) is 17.2 Å². The molecule has 4 rings (SSSR count). The Morgan fingerprint density at radius 1 is 1.28 bits per heavy atom. The first-order chi connectivity index (χ1) is 12.1. The Morgan fingerprint density at radius 2 is 2.08 bits per heavy atom.